The normalized spacial score (nSPS) is 14.4. The van der Waals surface area contributed by atoms with Gasteiger partial charge in [-0.1, -0.05) is 142 Å². The predicted molar refractivity (Wildman–Crippen MR) is 191 cm³/mol. The second-order valence-corrected chi connectivity index (χ2v) is 14.4. The van der Waals surface area contributed by atoms with Gasteiger partial charge in [-0.25, -0.2) is 4.57 Å². The second kappa shape index (κ2) is 35.0. The molecule has 3 atom stereocenters. The van der Waals surface area contributed by atoms with E-state index in [0.29, 0.717) is 6.61 Å². The topological polar surface area (TPSA) is 132 Å². The van der Waals surface area contributed by atoms with Crippen molar-refractivity contribution in [3.05, 3.63) is 12.2 Å². The van der Waals surface area contributed by atoms with Gasteiger partial charge < -0.3 is 24.6 Å². The lowest BCUT2D eigenvalue weighted by molar-refractivity contribution is -0.154. The van der Waals surface area contributed by atoms with E-state index in [2.05, 4.69) is 26.0 Å². The molecular weight excluding hydrogens is 619 g/mol. The van der Waals surface area contributed by atoms with E-state index in [-0.39, 0.29) is 25.6 Å². The number of carbonyl (C=O) groups is 1. The van der Waals surface area contributed by atoms with Crippen molar-refractivity contribution in [1.29, 1.82) is 0 Å². The van der Waals surface area contributed by atoms with Crippen LogP contribution in [0.3, 0.4) is 0 Å². The monoisotopic (exact) mass is 692 g/mol. The van der Waals surface area contributed by atoms with Gasteiger partial charge in [0, 0.05) is 13.0 Å². The van der Waals surface area contributed by atoms with E-state index in [9.17, 15) is 19.4 Å². The van der Waals surface area contributed by atoms with E-state index in [1.54, 1.807) is 0 Å². The van der Waals surface area contributed by atoms with Gasteiger partial charge in [0.05, 0.1) is 26.4 Å². The first-order chi connectivity index (χ1) is 22.8. The molecule has 0 rings (SSSR count). The van der Waals surface area contributed by atoms with Crippen LogP contribution in [0.15, 0.2) is 12.2 Å². The number of ether oxygens (including phenoxy) is 2. The van der Waals surface area contributed by atoms with Crippen LogP contribution in [-0.4, -0.2) is 66.3 Å². The second-order valence-electron chi connectivity index (χ2n) is 13.0. The average Bonchev–Trinajstić information content (AvgIpc) is 3.06. The zero-order valence-corrected chi connectivity index (χ0v) is 31.2. The Morgan fingerprint density at radius 3 is 1.60 bits per heavy atom. The smallest absolute Gasteiger partial charge is 0.457 e. The highest BCUT2D eigenvalue weighted by Gasteiger charge is 2.26. The number of allylic oxidation sites excluding steroid dienone is 2. The lowest BCUT2D eigenvalue weighted by Gasteiger charge is -2.20. The molecular formula is C37H73O9P. The van der Waals surface area contributed by atoms with Crippen molar-refractivity contribution < 1.29 is 43.0 Å². The zero-order valence-electron chi connectivity index (χ0n) is 30.3. The summed E-state index contributed by atoms with van der Waals surface area (Å²) in [6.45, 7) is 3.47. The summed E-state index contributed by atoms with van der Waals surface area (Å²) >= 11 is 0. The number of phosphoric ester groups is 1. The van der Waals surface area contributed by atoms with Gasteiger partial charge in [0.25, 0.3) is 0 Å². The number of aliphatic hydroxyl groups is 2. The van der Waals surface area contributed by atoms with Gasteiger partial charge in [-0.2, -0.15) is 0 Å². The Kier molecular flexibility index (Phi) is 34.4. The Morgan fingerprint density at radius 2 is 1.09 bits per heavy atom. The molecule has 280 valence electrons. The fourth-order valence-electron chi connectivity index (χ4n) is 5.23. The minimum absolute atomic E-state index is 0.0511. The molecule has 0 aromatic heterocycles. The number of carbonyl (C=O) groups excluding carboxylic acids is 1. The number of unbranched alkanes of at least 4 members (excludes halogenated alkanes) is 21. The highest BCUT2D eigenvalue weighted by molar-refractivity contribution is 7.47. The number of rotatable bonds is 37. The van der Waals surface area contributed by atoms with Crippen LogP contribution in [0.1, 0.15) is 174 Å². The first-order valence-electron chi connectivity index (χ1n) is 19.2. The molecule has 47 heavy (non-hydrogen) atoms. The summed E-state index contributed by atoms with van der Waals surface area (Å²) in [5.74, 6) is -0.389. The Balaban J connectivity index is 4.06. The molecule has 0 fully saturated rings. The van der Waals surface area contributed by atoms with Crippen LogP contribution in [0.2, 0.25) is 0 Å². The van der Waals surface area contributed by atoms with Gasteiger partial charge >= 0.3 is 13.8 Å². The number of phosphoric acid groups is 1. The maximum absolute atomic E-state index is 12.4. The van der Waals surface area contributed by atoms with Crippen molar-refractivity contribution in [3.8, 4) is 0 Å². The molecule has 9 nitrogen and oxygen atoms in total. The highest BCUT2D eigenvalue weighted by atomic mass is 31.2. The minimum Gasteiger partial charge on any atom is -0.457 e. The van der Waals surface area contributed by atoms with Crippen molar-refractivity contribution in [3.63, 3.8) is 0 Å². The maximum Gasteiger partial charge on any atom is 0.472 e. The minimum atomic E-state index is -4.50. The fraction of sp³-hybridized carbons (Fsp3) is 0.919. The largest absolute Gasteiger partial charge is 0.472 e. The standard InChI is InChI=1S/C37H73O9P/c1-3-5-7-9-11-12-13-14-15-16-17-18-19-20-21-22-24-26-28-30-43-33-36(34-45-47(41,42)44-32-35(39)31-38)46-37(40)29-27-25-23-10-8-6-4-2/h15-16,35-36,38-39H,3-14,17-34H2,1-2H3,(H,41,42)/b16-15-. The van der Waals surface area contributed by atoms with E-state index in [0.717, 1.165) is 38.5 Å². The lowest BCUT2D eigenvalue weighted by Crippen LogP contribution is -2.29. The first kappa shape index (κ1) is 46.2. The van der Waals surface area contributed by atoms with Crippen molar-refractivity contribution in [1.82, 2.24) is 0 Å². The van der Waals surface area contributed by atoms with E-state index < -0.39 is 33.2 Å². The molecule has 0 heterocycles. The van der Waals surface area contributed by atoms with E-state index in [1.807, 2.05) is 0 Å². The maximum atomic E-state index is 12.4. The molecule has 0 spiro atoms. The molecule has 0 saturated heterocycles. The van der Waals surface area contributed by atoms with Gasteiger partial charge in [-0.3, -0.25) is 13.8 Å². The van der Waals surface area contributed by atoms with Crippen molar-refractivity contribution in [2.24, 2.45) is 0 Å². The number of hydrogen-bond donors (Lipinski definition) is 3. The third kappa shape index (κ3) is 34.8. The summed E-state index contributed by atoms with van der Waals surface area (Å²) in [5, 5.41) is 18.2. The van der Waals surface area contributed by atoms with Crippen molar-refractivity contribution in [2.45, 2.75) is 187 Å². The Labute approximate surface area is 288 Å². The molecule has 0 bridgehead atoms. The molecule has 0 saturated carbocycles. The molecule has 0 radical (unpaired) electrons. The molecule has 0 aliphatic heterocycles. The van der Waals surface area contributed by atoms with E-state index in [1.165, 1.54) is 116 Å². The number of esters is 1. The Hall–Kier alpha value is -0.800. The van der Waals surface area contributed by atoms with Crippen LogP contribution in [0.25, 0.3) is 0 Å². The molecule has 3 N–H and O–H groups in total. The molecule has 0 aliphatic carbocycles. The van der Waals surface area contributed by atoms with Crippen molar-refractivity contribution >= 4 is 13.8 Å². The molecule has 10 heteroatoms. The fourth-order valence-corrected chi connectivity index (χ4v) is 6.02. The lowest BCUT2D eigenvalue weighted by atomic mass is 10.1. The third-order valence-corrected chi connectivity index (χ3v) is 9.15. The average molecular weight is 693 g/mol. The van der Waals surface area contributed by atoms with Crippen LogP contribution >= 0.6 is 7.82 Å². The molecule has 0 aromatic rings. The molecule has 3 unspecified atom stereocenters. The quantitative estimate of drug-likeness (QED) is 0.0252. The summed E-state index contributed by atoms with van der Waals surface area (Å²) in [7, 11) is -4.50. The van der Waals surface area contributed by atoms with Gasteiger partial charge in [-0.05, 0) is 38.5 Å². The number of hydrogen-bond acceptors (Lipinski definition) is 8. The van der Waals surface area contributed by atoms with Gasteiger partial charge in [0.15, 0.2) is 0 Å². The summed E-state index contributed by atoms with van der Waals surface area (Å²) < 4.78 is 33.1. The Bertz CT molecular complexity index is 749. The zero-order chi connectivity index (χ0) is 34.7. The Morgan fingerprint density at radius 1 is 0.638 bits per heavy atom. The molecule has 0 aromatic carbocycles. The molecule has 0 aliphatic rings. The van der Waals surface area contributed by atoms with E-state index >= 15 is 0 Å². The van der Waals surface area contributed by atoms with Gasteiger partial charge in [0.2, 0.25) is 0 Å². The predicted octanol–water partition coefficient (Wildman–Crippen LogP) is 9.75. The summed E-state index contributed by atoms with van der Waals surface area (Å²) in [4.78, 5) is 22.3. The SMILES string of the molecule is CCCCCCCCC/C=C\CCCCCCCCCCOCC(COP(=O)(O)OCC(O)CO)OC(=O)CCCCCCCCC. The van der Waals surface area contributed by atoms with Gasteiger partial charge in [0.1, 0.15) is 12.2 Å². The summed E-state index contributed by atoms with van der Waals surface area (Å²) in [5.41, 5.74) is 0. The van der Waals surface area contributed by atoms with Crippen LogP contribution in [-0.2, 0) is 27.9 Å². The van der Waals surface area contributed by atoms with E-state index in [4.69, 9.17) is 23.6 Å². The highest BCUT2D eigenvalue weighted by Crippen LogP contribution is 2.43. The van der Waals surface area contributed by atoms with Gasteiger partial charge in [-0.15, -0.1) is 0 Å². The van der Waals surface area contributed by atoms with Crippen LogP contribution in [0, 0.1) is 0 Å². The number of aliphatic hydroxyl groups excluding tert-OH is 2. The third-order valence-electron chi connectivity index (χ3n) is 8.20. The molecule has 0 amide bonds. The van der Waals surface area contributed by atoms with Crippen molar-refractivity contribution in [2.75, 3.05) is 33.0 Å². The van der Waals surface area contributed by atoms with Crippen LogP contribution in [0.4, 0.5) is 0 Å². The summed E-state index contributed by atoms with van der Waals surface area (Å²) in [6.07, 6.45) is 31.9. The summed E-state index contributed by atoms with van der Waals surface area (Å²) in [6, 6.07) is 0. The van der Waals surface area contributed by atoms with Crippen LogP contribution < -0.4 is 0 Å². The van der Waals surface area contributed by atoms with Crippen LogP contribution in [0.5, 0.6) is 0 Å². The first-order valence-corrected chi connectivity index (χ1v) is 20.7.